The van der Waals surface area contributed by atoms with E-state index >= 15 is 0 Å². The number of hydrogen-bond donors (Lipinski definition) is 2. The van der Waals surface area contributed by atoms with Gasteiger partial charge in [-0.15, -0.1) is 12.4 Å². The highest BCUT2D eigenvalue weighted by Gasteiger charge is 2.35. The van der Waals surface area contributed by atoms with Gasteiger partial charge in [0.25, 0.3) is 0 Å². The number of nitrogens with two attached hydrogens (primary N) is 1. The summed E-state index contributed by atoms with van der Waals surface area (Å²) in [4.78, 5) is 26.1. The topological polar surface area (TPSA) is 84.7 Å². The fourth-order valence-electron chi connectivity index (χ4n) is 3.57. The van der Waals surface area contributed by atoms with E-state index in [4.69, 9.17) is 10.5 Å². The molecule has 1 saturated carbocycles. The zero-order chi connectivity index (χ0) is 15.9. The third-order valence-corrected chi connectivity index (χ3v) is 4.95. The second kappa shape index (κ2) is 10.1. The van der Waals surface area contributed by atoms with Gasteiger partial charge >= 0.3 is 0 Å². The van der Waals surface area contributed by atoms with Crippen molar-refractivity contribution in [2.75, 3.05) is 33.4 Å². The molecule has 0 bridgehead atoms. The van der Waals surface area contributed by atoms with Crippen LogP contribution in [0.3, 0.4) is 0 Å². The van der Waals surface area contributed by atoms with Gasteiger partial charge in [-0.25, -0.2) is 0 Å². The molecule has 1 saturated heterocycles. The molecule has 1 aliphatic carbocycles. The van der Waals surface area contributed by atoms with E-state index in [9.17, 15) is 9.59 Å². The molecular weight excluding hydrogens is 318 g/mol. The SMILES string of the molecule is COCCN1CC(C(=O)NC(CN)C2CCCCC2)CC1=O.Cl. The van der Waals surface area contributed by atoms with Gasteiger partial charge in [0.15, 0.2) is 0 Å². The lowest BCUT2D eigenvalue weighted by Gasteiger charge is -2.30. The zero-order valence-electron chi connectivity index (χ0n) is 14.0. The minimum atomic E-state index is -0.248. The van der Waals surface area contributed by atoms with Gasteiger partial charge in [0, 0.05) is 39.2 Å². The second-order valence-corrected chi connectivity index (χ2v) is 6.48. The van der Waals surface area contributed by atoms with Crippen LogP contribution in [-0.4, -0.2) is 56.1 Å². The van der Waals surface area contributed by atoms with Crippen molar-refractivity contribution < 1.29 is 14.3 Å². The summed E-state index contributed by atoms with van der Waals surface area (Å²) in [5, 5.41) is 3.10. The number of hydrogen-bond acceptors (Lipinski definition) is 4. The average Bonchev–Trinajstić information content (AvgIpc) is 2.92. The number of nitrogens with one attached hydrogen (secondary N) is 1. The van der Waals surface area contributed by atoms with Crippen LogP contribution in [0.5, 0.6) is 0 Å². The minimum Gasteiger partial charge on any atom is -0.383 e. The predicted molar refractivity (Wildman–Crippen MR) is 91.4 cm³/mol. The Kier molecular flexibility index (Phi) is 8.87. The summed E-state index contributed by atoms with van der Waals surface area (Å²) < 4.78 is 5.00. The first kappa shape index (κ1) is 20.2. The summed E-state index contributed by atoms with van der Waals surface area (Å²) in [5.74, 6) is 0.264. The number of nitrogens with zero attached hydrogens (tertiary/aromatic N) is 1. The van der Waals surface area contributed by atoms with Gasteiger partial charge in [-0.2, -0.15) is 0 Å². The van der Waals surface area contributed by atoms with Crippen molar-refractivity contribution in [2.45, 2.75) is 44.6 Å². The maximum Gasteiger partial charge on any atom is 0.225 e. The van der Waals surface area contributed by atoms with Crippen LogP contribution in [-0.2, 0) is 14.3 Å². The minimum absolute atomic E-state index is 0. The Morgan fingerprint density at radius 3 is 2.70 bits per heavy atom. The van der Waals surface area contributed by atoms with E-state index in [1.807, 2.05) is 0 Å². The average molecular weight is 348 g/mol. The van der Waals surface area contributed by atoms with Crippen molar-refractivity contribution in [3.8, 4) is 0 Å². The first-order valence-corrected chi connectivity index (χ1v) is 8.42. The van der Waals surface area contributed by atoms with E-state index in [0.29, 0.717) is 38.6 Å². The van der Waals surface area contributed by atoms with Crippen LogP contribution in [0, 0.1) is 11.8 Å². The molecule has 1 heterocycles. The third kappa shape index (κ3) is 5.62. The molecule has 2 fully saturated rings. The Labute approximate surface area is 144 Å². The van der Waals surface area contributed by atoms with Gasteiger partial charge in [0.2, 0.25) is 11.8 Å². The van der Waals surface area contributed by atoms with Crippen molar-refractivity contribution in [3.05, 3.63) is 0 Å². The van der Waals surface area contributed by atoms with E-state index in [-0.39, 0.29) is 36.2 Å². The van der Waals surface area contributed by atoms with Gasteiger partial charge < -0.3 is 20.7 Å². The van der Waals surface area contributed by atoms with E-state index in [0.717, 1.165) is 12.8 Å². The predicted octanol–water partition coefficient (Wildman–Crippen LogP) is 0.927. The number of carbonyl (C=O) groups is 2. The molecule has 134 valence electrons. The molecule has 7 heteroatoms. The molecule has 1 aliphatic heterocycles. The van der Waals surface area contributed by atoms with Gasteiger partial charge in [-0.3, -0.25) is 9.59 Å². The lowest BCUT2D eigenvalue weighted by Crippen LogP contribution is -2.48. The normalized spacial score (nSPS) is 23.5. The van der Waals surface area contributed by atoms with Crippen LogP contribution >= 0.6 is 12.4 Å². The molecule has 0 aromatic heterocycles. The molecule has 0 spiro atoms. The van der Waals surface area contributed by atoms with E-state index in [1.54, 1.807) is 12.0 Å². The number of ether oxygens (including phenoxy) is 1. The largest absolute Gasteiger partial charge is 0.383 e. The van der Waals surface area contributed by atoms with E-state index in [1.165, 1.54) is 19.3 Å². The second-order valence-electron chi connectivity index (χ2n) is 6.48. The number of likely N-dealkylation sites (tertiary alicyclic amines) is 1. The van der Waals surface area contributed by atoms with Crippen molar-refractivity contribution >= 4 is 24.2 Å². The first-order valence-electron chi connectivity index (χ1n) is 8.42. The van der Waals surface area contributed by atoms with Gasteiger partial charge in [-0.05, 0) is 18.8 Å². The summed E-state index contributed by atoms with van der Waals surface area (Å²) in [7, 11) is 1.61. The standard InChI is InChI=1S/C16H29N3O3.ClH/c1-22-8-7-19-11-13(9-15(19)20)16(21)18-14(10-17)12-5-3-2-4-6-12;/h12-14H,2-11,17H2,1H3,(H,18,21);1H. The Hall–Kier alpha value is -0.850. The molecular formula is C16H30ClN3O3. The first-order chi connectivity index (χ1) is 10.7. The van der Waals surface area contributed by atoms with E-state index < -0.39 is 0 Å². The Bertz CT molecular complexity index is 389. The van der Waals surface area contributed by atoms with Crippen molar-refractivity contribution in [3.63, 3.8) is 0 Å². The fraction of sp³-hybridized carbons (Fsp3) is 0.875. The molecule has 3 N–H and O–H groups in total. The Morgan fingerprint density at radius 2 is 2.09 bits per heavy atom. The summed E-state index contributed by atoms with van der Waals surface area (Å²) in [6.07, 6.45) is 6.33. The highest BCUT2D eigenvalue weighted by atomic mass is 35.5. The van der Waals surface area contributed by atoms with Crippen LogP contribution < -0.4 is 11.1 Å². The fourth-order valence-corrected chi connectivity index (χ4v) is 3.57. The van der Waals surface area contributed by atoms with Crippen LogP contribution in [0.1, 0.15) is 38.5 Å². The molecule has 2 atom stereocenters. The lowest BCUT2D eigenvalue weighted by molar-refractivity contribution is -0.129. The monoisotopic (exact) mass is 347 g/mol. The summed E-state index contributed by atoms with van der Waals surface area (Å²) in [6, 6.07) is 0.0518. The van der Waals surface area contributed by atoms with Crippen LogP contribution in [0.2, 0.25) is 0 Å². The molecule has 0 aromatic carbocycles. The molecule has 6 nitrogen and oxygen atoms in total. The lowest BCUT2D eigenvalue weighted by atomic mass is 9.83. The molecule has 2 amide bonds. The molecule has 0 aromatic rings. The zero-order valence-corrected chi connectivity index (χ0v) is 14.8. The van der Waals surface area contributed by atoms with Crippen LogP contribution in [0.15, 0.2) is 0 Å². The molecule has 2 aliphatic rings. The number of amides is 2. The smallest absolute Gasteiger partial charge is 0.225 e. The van der Waals surface area contributed by atoms with Gasteiger partial charge in [0.1, 0.15) is 0 Å². The van der Waals surface area contributed by atoms with Crippen LogP contribution in [0.25, 0.3) is 0 Å². The highest BCUT2D eigenvalue weighted by Crippen LogP contribution is 2.27. The Balaban J connectivity index is 0.00000264. The van der Waals surface area contributed by atoms with Crippen molar-refractivity contribution in [2.24, 2.45) is 17.6 Å². The summed E-state index contributed by atoms with van der Waals surface area (Å²) in [5.41, 5.74) is 5.86. The third-order valence-electron chi connectivity index (χ3n) is 4.95. The van der Waals surface area contributed by atoms with E-state index in [2.05, 4.69) is 5.32 Å². The molecule has 23 heavy (non-hydrogen) atoms. The Morgan fingerprint density at radius 1 is 1.39 bits per heavy atom. The quantitative estimate of drug-likeness (QED) is 0.717. The number of rotatable bonds is 7. The highest BCUT2D eigenvalue weighted by molar-refractivity contribution is 5.89. The maximum absolute atomic E-state index is 12.4. The molecule has 2 rings (SSSR count). The van der Waals surface area contributed by atoms with Gasteiger partial charge in [-0.1, -0.05) is 19.3 Å². The van der Waals surface area contributed by atoms with Crippen LogP contribution in [0.4, 0.5) is 0 Å². The number of carbonyl (C=O) groups excluding carboxylic acids is 2. The van der Waals surface area contributed by atoms with Crippen molar-refractivity contribution in [1.29, 1.82) is 0 Å². The molecule has 0 radical (unpaired) electrons. The number of halogens is 1. The van der Waals surface area contributed by atoms with Crippen molar-refractivity contribution in [1.82, 2.24) is 10.2 Å². The summed E-state index contributed by atoms with van der Waals surface area (Å²) in [6.45, 7) is 2.04. The van der Waals surface area contributed by atoms with Gasteiger partial charge in [0.05, 0.1) is 12.5 Å². The summed E-state index contributed by atoms with van der Waals surface area (Å²) >= 11 is 0. The molecule has 2 unspecified atom stereocenters. The maximum atomic E-state index is 12.4. The number of methoxy groups -OCH3 is 1.